The summed E-state index contributed by atoms with van der Waals surface area (Å²) in [7, 11) is 2.18. The van der Waals surface area contributed by atoms with Crippen LogP contribution in [-0.2, 0) is 6.54 Å². The van der Waals surface area contributed by atoms with E-state index in [4.69, 9.17) is 0 Å². The summed E-state index contributed by atoms with van der Waals surface area (Å²) in [6, 6.07) is 0. The molecule has 2 N–H and O–H groups in total. The summed E-state index contributed by atoms with van der Waals surface area (Å²) >= 11 is 0. The van der Waals surface area contributed by atoms with Gasteiger partial charge in [-0.3, -0.25) is 5.10 Å². The van der Waals surface area contributed by atoms with Crippen LogP contribution < -0.4 is 0 Å². The Morgan fingerprint density at radius 3 is 2.86 bits per heavy atom. The van der Waals surface area contributed by atoms with Gasteiger partial charge in [-0.05, 0) is 57.5 Å². The number of hydrogen-bond acceptors (Lipinski definition) is 3. The molecule has 1 aromatic rings. The Balaban J connectivity index is 1.73. The fourth-order valence-corrected chi connectivity index (χ4v) is 4.81. The van der Waals surface area contributed by atoms with E-state index in [0.29, 0.717) is 5.92 Å². The zero-order valence-electron chi connectivity index (χ0n) is 14.1. The van der Waals surface area contributed by atoms with Crippen molar-refractivity contribution in [1.29, 1.82) is 0 Å². The lowest BCUT2D eigenvalue weighted by atomic mass is 9.65. The second-order valence-electron chi connectivity index (χ2n) is 7.61. The van der Waals surface area contributed by atoms with E-state index < -0.39 is 0 Å². The van der Waals surface area contributed by atoms with E-state index >= 15 is 0 Å². The van der Waals surface area contributed by atoms with Gasteiger partial charge in [0, 0.05) is 23.7 Å². The lowest BCUT2D eigenvalue weighted by Crippen LogP contribution is -2.38. The van der Waals surface area contributed by atoms with Crippen molar-refractivity contribution < 1.29 is 5.11 Å². The average Bonchev–Trinajstić information content (AvgIpc) is 3.13. The van der Waals surface area contributed by atoms with Crippen molar-refractivity contribution in [3.63, 3.8) is 0 Å². The summed E-state index contributed by atoms with van der Waals surface area (Å²) < 4.78 is 0. The van der Waals surface area contributed by atoms with E-state index in [-0.39, 0.29) is 11.5 Å². The molecule has 0 radical (unpaired) electrons. The van der Waals surface area contributed by atoms with Gasteiger partial charge in [0.25, 0.3) is 0 Å². The maximum Gasteiger partial charge on any atom is 0.0596 e. The molecular formula is C18H31N3O. The Labute approximate surface area is 134 Å². The highest BCUT2D eigenvalue weighted by Gasteiger charge is 2.45. The minimum Gasteiger partial charge on any atom is -0.393 e. The average molecular weight is 305 g/mol. The third-order valence-electron chi connectivity index (χ3n) is 5.95. The van der Waals surface area contributed by atoms with Gasteiger partial charge in [0.05, 0.1) is 12.3 Å². The van der Waals surface area contributed by atoms with E-state index in [1.807, 2.05) is 6.20 Å². The van der Waals surface area contributed by atoms with Crippen molar-refractivity contribution >= 4 is 0 Å². The van der Waals surface area contributed by atoms with Crippen LogP contribution in [0.15, 0.2) is 6.20 Å². The fourth-order valence-electron chi connectivity index (χ4n) is 4.81. The molecular weight excluding hydrogens is 274 g/mol. The molecule has 2 atom stereocenters. The Morgan fingerprint density at radius 1 is 1.36 bits per heavy atom. The quantitative estimate of drug-likeness (QED) is 0.876. The monoisotopic (exact) mass is 305 g/mol. The highest BCUT2D eigenvalue weighted by atomic mass is 16.3. The SMILES string of the molecule is CCCN(C)Cc1cn[nH]c1[C@@H]1CC[C@H](O)C2(CCCC2)C1. The molecule has 1 heterocycles. The van der Waals surface area contributed by atoms with Crippen LogP contribution in [0.3, 0.4) is 0 Å². The minimum absolute atomic E-state index is 0.0830. The predicted molar refractivity (Wildman–Crippen MR) is 88.7 cm³/mol. The standard InChI is InChI=1S/C18H31N3O/c1-3-10-21(2)13-15-12-19-20-17(15)14-6-7-16(22)18(11-14)8-4-5-9-18/h12,14,16,22H,3-11,13H2,1-2H3,(H,19,20)/t14-,16+/m1/s1. The van der Waals surface area contributed by atoms with Gasteiger partial charge in [0.15, 0.2) is 0 Å². The molecule has 2 aliphatic carbocycles. The maximum atomic E-state index is 10.5. The van der Waals surface area contributed by atoms with Crippen LogP contribution in [0.4, 0.5) is 0 Å². The highest BCUT2D eigenvalue weighted by Crippen LogP contribution is 2.53. The Bertz CT molecular complexity index is 478. The molecule has 0 unspecified atom stereocenters. The molecule has 1 spiro atoms. The van der Waals surface area contributed by atoms with Crippen LogP contribution in [0.2, 0.25) is 0 Å². The largest absolute Gasteiger partial charge is 0.393 e. The number of aromatic nitrogens is 2. The van der Waals surface area contributed by atoms with Crippen molar-refractivity contribution in [3.8, 4) is 0 Å². The normalized spacial score (nSPS) is 27.8. The molecule has 0 aliphatic heterocycles. The molecule has 0 saturated heterocycles. The van der Waals surface area contributed by atoms with Gasteiger partial charge in [-0.2, -0.15) is 5.10 Å². The molecule has 1 aromatic heterocycles. The fraction of sp³-hybridized carbons (Fsp3) is 0.833. The summed E-state index contributed by atoms with van der Waals surface area (Å²) in [4.78, 5) is 2.37. The lowest BCUT2D eigenvalue weighted by Gasteiger charge is -2.42. The van der Waals surface area contributed by atoms with Crippen LogP contribution >= 0.6 is 0 Å². The molecule has 2 fully saturated rings. The number of aliphatic hydroxyl groups is 1. The maximum absolute atomic E-state index is 10.5. The molecule has 124 valence electrons. The van der Waals surface area contributed by atoms with Crippen molar-refractivity contribution in [2.24, 2.45) is 5.41 Å². The van der Waals surface area contributed by atoms with E-state index in [1.54, 1.807) is 0 Å². The zero-order valence-corrected chi connectivity index (χ0v) is 14.1. The van der Waals surface area contributed by atoms with Crippen LogP contribution in [0, 0.1) is 5.41 Å². The van der Waals surface area contributed by atoms with Gasteiger partial charge in [0.1, 0.15) is 0 Å². The number of hydrogen-bond donors (Lipinski definition) is 2. The summed E-state index contributed by atoms with van der Waals surface area (Å²) in [5, 5.41) is 18.1. The van der Waals surface area contributed by atoms with Crippen LogP contribution in [0.5, 0.6) is 0 Å². The smallest absolute Gasteiger partial charge is 0.0596 e. The second-order valence-corrected chi connectivity index (χ2v) is 7.61. The van der Waals surface area contributed by atoms with E-state index in [1.165, 1.54) is 43.4 Å². The molecule has 4 heteroatoms. The van der Waals surface area contributed by atoms with Gasteiger partial charge in [-0.1, -0.05) is 19.8 Å². The summed E-state index contributed by atoms with van der Waals surface area (Å²) in [5.41, 5.74) is 2.88. The van der Waals surface area contributed by atoms with Crippen LogP contribution in [0.25, 0.3) is 0 Å². The van der Waals surface area contributed by atoms with E-state index in [2.05, 4.69) is 29.1 Å². The molecule has 22 heavy (non-hydrogen) atoms. The van der Waals surface area contributed by atoms with Gasteiger partial charge in [-0.25, -0.2) is 0 Å². The number of nitrogens with zero attached hydrogens (tertiary/aromatic N) is 2. The Morgan fingerprint density at radius 2 is 2.14 bits per heavy atom. The zero-order chi connectivity index (χ0) is 15.6. The number of nitrogens with one attached hydrogen (secondary N) is 1. The number of aromatic amines is 1. The number of aliphatic hydroxyl groups excluding tert-OH is 1. The number of H-pyrrole nitrogens is 1. The van der Waals surface area contributed by atoms with E-state index in [9.17, 15) is 5.11 Å². The molecule has 0 aromatic carbocycles. The topological polar surface area (TPSA) is 52.2 Å². The van der Waals surface area contributed by atoms with Gasteiger partial charge in [0.2, 0.25) is 0 Å². The van der Waals surface area contributed by atoms with Crippen LogP contribution in [0.1, 0.15) is 75.5 Å². The Kier molecular flexibility index (Phi) is 4.88. The molecule has 0 amide bonds. The first kappa shape index (κ1) is 16.0. The van der Waals surface area contributed by atoms with Crippen molar-refractivity contribution in [1.82, 2.24) is 15.1 Å². The third-order valence-corrected chi connectivity index (χ3v) is 5.95. The third kappa shape index (κ3) is 3.09. The molecule has 2 aliphatic rings. The summed E-state index contributed by atoms with van der Waals surface area (Å²) in [6.07, 6.45) is 11.3. The molecule has 2 saturated carbocycles. The van der Waals surface area contributed by atoms with Gasteiger partial charge >= 0.3 is 0 Å². The van der Waals surface area contributed by atoms with Gasteiger partial charge < -0.3 is 10.0 Å². The minimum atomic E-state index is -0.0830. The molecule has 4 nitrogen and oxygen atoms in total. The van der Waals surface area contributed by atoms with Gasteiger partial charge in [-0.15, -0.1) is 0 Å². The first-order valence-corrected chi connectivity index (χ1v) is 9.03. The summed E-state index contributed by atoms with van der Waals surface area (Å²) in [6.45, 7) is 4.32. The number of rotatable bonds is 5. The molecule has 3 rings (SSSR count). The second kappa shape index (κ2) is 6.71. The van der Waals surface area contributed by atoms with Crippen molar-refractivity contribution in [2.45, 2.75) is 76.9 Å². The summed E-state index contributed by atoms with van der Waals surface area (Å²) in [5.74, 6) is 0.550. The Hall–Kier alpha value is -0.870. The lowest BCUT2D eigenvalue weighted by molar-refractivity contribution is -0.0156. The predicted octanol–water partition coefficient (Wildman–Crippen LogP) is 3.44. The first-order valence-electron chi connectivity index (χ1n) is 9.03. The van der Waals surface area contributed by atoms with Crippen molar-refractivity contribution in [2.75, 3.05) is 13.6 Å². The van der Waals surface area contributed by atoms with Crippen LogP contribution in [-0.4, -0.2) is 39.9 Å². The van der Waals surface area contributed by atoms with Crippen molar-refractivity contribution in [3.05, 3.63) is 17.5 Å². The first-order chi connectivity index (χ1) is 10.6. The van der Waals surface area contributed by atoms with E-state index in [0.717, 1.165) is 32.4 Å². The molecule has 0 bridgehead atoms. The highest BCUT2D eigenvalue weighted by molar-refractivity contribution is 5.22.